The number of carbonyl (C=O) groups excluding carboxylic acids is 1. The van der Waals surface area contributed by atoms with Gasteiger partial charge in [-0.15, -0.1) is 0 Å². The van der Waals surface area contributed by atoms with E-state index >= 15 is 0 Å². The summed E-state index contributed by atoms with van der Waals surface area (Å²) in [7, 11) is -1.38. The predicted octanol–water partition coefficient (Wildman–Crippen LogP) is 6.79. The molecule has 1 fully saturated rings. The van der Waals surface area contributed by atoms with Crippen LogP contribution in [-0.2, 0) is 22.1 Å². The highest BCUT2D eigenvalue weighted by Crippen LogP contribution is 2.25. The average molecular weight is 548 g/mol. The molecule has 0 aliphatic carbocycles. The van der Waals surface area contributed by atoms with Crippen molar-refractivity contribution in [2.24, 2.45) is 0 Å². The van der Waals surface area contributed by atoms with E-state index in [0.717, 1.165) is 27.6 Å². The Kier molecular flexibility index (Phi) is 9.79. The smallest absolute Gasteiger partial charge is 0.258 e. The first-order chi connectivity index (χ1) is 18.9. The van der Waals surface area contributed by atoms with Gasteiger partial charge in [0, 0.05) is 23.7 Å². The Bertz CT molecular complexity index is 1470. The summed E-state index contributed by atoms with van der Waals surface area (Å²) in [5.74, 6) is -1.14. The third-order valence-corrected chi connectivity index (χ3v) is 7.83. The lowest BCUT2D eigenvalue weighted by Gasteiger charge is -2.27. The summed E-state index contributed by atoms with van der Waals surface area (Å²) in [6.07, 6.45) is 5.05. The molecule has 1 saturated heterocycles. The first-order valence-corrected chi connectivity index (χ1v) is 14.5. The normalized spacial score (nSPS) is 15.0. The van der Waals surface area contributed by atoms with Gasteiger partial charge in [-0.25, -0.2) is 8.60 Å². The summed E-state index contributed by atoms with van der Waals surface area (Å²) in [4.78, 5) is 17.4. The van der Waals surface area contributed by atoms with Gasteiger partial charge in [-0.05, 0) is 59.8 Å². The van der Waals surface area contributed by atoms with Crippen LogP contribution < -0.4 is 9.62 Å². The molecule has 1 unspecified atom stereocenters. The zero-order chi connectivity index (χ0) is 27.8. The highest BCUT2D eigenvalue weighted by Gasteiger charge is 2.21. The molecule has 4 aromatic rings. The van der Waals surface area contributed by atoms with Crippen molar-refractivity contribution in [3.8, 4) is 0 Å². The molecule has 3 aromatic carbocycles. The molecule has 8 heteroatoms. The van der Waals surface area contributed by atoms with Crippen LogP contribution in [0.4, 0.5) is 15.8 Å². The van der Waals surface area contributed by atoms with Crippen LogP contribution in [0.5, 0.6) is 0 Å². The molecule has 204 valence electrons. The number of rotatable bonds is 6. The van der Waals surface area contributed by atoms with Gasteiger partial charge in [0.05, 0.1) is 30.1 Å². The summed E-state index contributed by atoms with van der Waals surface area (Å²) < 4.78 is 33.7. The molecule has 39 heavy (non-hydrogen) atoms. The van der Waals surface area contributed by atoms with E-state index in [4.69, 9.17) is 4.74 Å². The topological polar surface area (TPSA) is 71.5 Å². The number of nitrogens with one attached hydrogen (secondary N) is 1. The molecule has 1 atom stereocenters. The summed E-state index contributed by atoms with van der Waals surface area (Å²) in [6, 6.07) is 20.0. The van der Waals surface area contributed by atoms with E-state index in [2.05, 4.69) is 36.3 Å². The number of aromatic nitrogens is 1. The van der Waals surface area contributed by atoms with Crippen LogP contribution >= 0.6 is 0 Å². The summed E-state index contributed by atoms with van der Waals surface area (Å²) >= 11 is 0. The Morgan fingerprint density at radius 3 is 2.62 bits per heavy atom. The largest absolute Gasteiger partial charge is 0.364 e. The summed E-state index contributed by atoms with van der Waals surface area (Å²) in [6.45, 7) is 7.19. The molecule has 0 saturated carbocycles. The lowest BCUT2D eigenvalue weighted by atomic mass is 9.99. The zero-order valence-electron chi connectivity index (χ0n) is 22.6. The van der Waals surface area contributed by atoms with Crippen LogP contribution in [0.1, 0.15) is 53.9 Å². The maximum Gasteiger partial charge on any atom is 0.258 e. The van der Waals surface area contributed by atoms with Gasteiger partial charge in [0.25, 0.3) is 5.91 Å². The van der Waals surface area contributed by atoms with E-state index in [9.17, 15) is 13.4 Å². The highest BCUT2D eigenvalue weighted by molar-refractivity contribution is 7.86. The number of anilines is 2. The Morgan fingerprint density at radius 1 is 1.08 bits per heavy atom. The van der Waals surface area contributed by atoms with Crippen molar-refractivity contribution in [1.82, 2.24) is 4.98 Å². The van der Waals surface area contributed by atoms with Gasteiger partial charge in [0.2, 0.25) is 0 Å². The molecule has 0 bridgehead atoms. The third-order valence-electron chi connectivity index (χ3n) is 6.58. The number of ether oxygens (including phenoxy) is 1. The van der Waals surface area contributed by atoms with Gasteiger partial charge in [0.15, 0.2) is 0 Å². The van der Waals surface area contributed by atoms with E-state index in [1.807, 2.05) is 37.3 Å². The van der Waals surface area contributed by atoms with Crippen molar-refractivity contribution >= 4 is 39.0 Å². The number of nitrogens with zero attached hydrogens (tertiary/aromatic N) is 2. The Labute approximate surface area is 231 Å². The summed E-state index contributed by atoms with van der Waals surface area (Å²) in [5, 5.41) is 5.02. The van der Waals surface area contributed by atoms with Gasteiger partial charge in [0.1, 0.15) is 22.7 Å². The van der Waals surface area contributed by atoms with Crippen LogP contribution in [0.25, 0.3) is 10.8 Å². The van der Waals surface area contributed by atoms with Crippen molar-refractivity contribution in [2.75, 3.05) is 28.7 Å². The van der Waals surface area contributed by atoms with Crippen LogP contribution in [0.3, 0.4) is 0 Å². The van der Waals surface area contributed by atoms with Crippen molar-refractivity contribution < 1.29 is 18.1 Å². The van der Waals surface area contributed by atoms with Crippen molar-refractivity contribution in [3.05, 3.63) is 101 Å². The zero-order valence-corrected chi connectivity index (χ0v) is 23.4. The minimum atomic E-state index is -1.38. The maximum atomic E-state index is 14.8. The molecule has 1 aromatic heterocycles. The van der Waals surface area contributed by atoms with Gasteiger partial charge in [-0.2, -0.15) is 0 Å². The number of hydrogen-bond donors (Lipinski definition) is 1. The van der Waals surface area contributed by atoms with E-state index in [1.165, 1.54) is 25.0 Å². The number of unbranched alkanes of at least 4 members (excludes halogenated alkanes) is 1. The highest BCUT2D eigenvalue weighted by atomic mass is 32.2. The summed E-state index contributed by atoms with van der Waals surface area (Å²) in [5.41, 5.74) is 4.01. The van der Waals surface area contributed by atoms with Crippen molar-refractivity contribution in [2.45, 2.75) is 40.0 Å². The fourth-order valence-corrected chi connectivity index (χ4v) is 5.19. The third kappa shape index (κ3) is 7.07. The van der Waals surface area contributed by atoms with E-state index in [1.54, 1.807) is 22.6 Å². The molecule has 1 aliphatic rings. The second-order valence-electron chi connectivity index (χ2n) is 9.36. The van der Waals surface area contributed by atoms with E-state index < -0.39 is 22.7 Å². The maximum absolute atomic E-state index is 14.8. The number of hydrogen-bond acceptors (Lipinski definition) is 4. The minimum Gasteiger partial charge on any atom is -0.364 e. The van der Waals surface area contributed by atoms with Crippen LogP contribution in [0.2, 0.25) is 0 Å². The Balaban J connectivity index is 0.000000826. The first kappa shape index (κ1) is 28.4. The Hall–Kier alpha value is -3.62. The molecule has 5 rings (SSSR count). The van der Waals surface area contributed by atoms with Crippen molar-refractivity contribution in [3.63, 3.8) is 0 Å². The lowest BCUT2D eigenvalue weighted by molar-refractivity contribution is 0.102. The molecule has 6 nitrogen and oxygen atoms in total. The van der Waals surface area contributed by atoms with Gasteiger partial charge in [-0.3, -0.25) is 14.1 Å². The minimum absolute atomic E-state index is 0.0773. The van der Waals surface area contributed by atoms with Crippen molar-refractivity contribution in [1.29, 1.82) is 0 Å². The lowest BCUT2D eigenvalue weighted by Crippen LogP contribution is -2.37. The molecule has 2 heterocycles. The van der Waals surface area contributed by atoms with Gasteiger partial charge in [-0.1, -0.05) is 57.0 Å². The molecule has 0 radical (unpaired) electrons. The van der Waals surface area contributed by atoms with E-state index in [-0.39, 0.29) is 11.5 Å². The fourth-order valence-electron chi connectivity index (χ4n) is 4.17. The molecular weight excluding hydrogens is 513 g/mol. The second-order valence-corrected chi connectivity index (χ2v) is 10.7. The van der Waals surface area contributed by atoms with Crippen LogP contribution in [0.15, 0.2) is 72.9 Å². The fraction of sp³-hybridized carbons (Fsp3) is 0.290. The van der Waals surface area contributed by atoms with Gasteiger partial charge >= 0.3 is 0 Å². The number of benzene rings is 3. The van der Waals surface area contributed by atoms with E-state index in [0.29, 0.717) is 30.9 Å². The van der Waals surface area contributed by atoms with Crippen LogP contribution in [-0.4, -0.2) is 34.2 Å². The first-order valence-electron chi connectivity index (χ1n) is 13.2. The number of pyridine rings is 1. The molecular formula is C31H34FN3O3S. The molecule has 1 N–H and O–H groups in total. The molecule has 0 spiro atoms. The number of amides is 1. The number of halogens is 1. The average Bonchev–Trinajstić information content (AvgIpc) is 2.95. The number of fused-ring (bicyclic) bond motifs is 1. The van der Waals surface area contributed by atoms with Crippen LogP contribution in [0, 0.1) is 12.7 Å². The quantitative estimate of drug-likeness (QED) is 0.289. The number of carbonyl (C=O) groups is 1. The second kappa shape index (κ2) is 13.4. The standard InChI is InChI=1S/C27H24FN3O3S.C4H10/c1-18-6-7-21(14-20(18)15-26-23-5-3-2-4-19(23)10-11-29-26)30-27(32)24-9-8-22(16-25(24)28)31-12-13-34-17-35(31)33;1-3-4-2/h2-11,14,16H,12-13,15,17H2,1H3,(H,30,32);3-4H2,1-2H3. The molecule has 1 aliphatic heterocycles. The monoisotopic (exact) mass is 547 g/mol. The SMILES string of the molecule is CCCC.Cc1ccc(NC(=O)c2ccc(N3CCOCS3=O)cc2F)cc1Cc1nccc2ccccc12. The Morgan fingerprint density at radius 2 is 1.87 bits per heavy atom. The molecule has 1 amide bonds. The predicted molar refractivity (Wildman–Crippen MR) is 157 cm³/mol. The number of aryl methyl sites for hydroxylation is 1. The van der Waals surface area contributed by atoms with Gasteiger partial charge < -0.3 is 10.1 Å².